The van der Waals surface area contributed by atoms with Crippen LogP contribution >= 0.6 is 0 Å². The van der Waals surface area contributed by atoms with E-state index in [0.29, 0.717) is 0 Å². The minimum absolute atomic E-state index is 0. The Labute approximate surface area is 107 Å². The second-order valence-electron chi connectivity index (χ2n) is 4.34. The molecule has 15 heavy (non-hydrogen) atoms. The molecule has 1 unspecified atom stereocenters. The third-order valence-electron chi connectivity index (χ3n) is 3.43. The molecule has 2 heteroatoms. The van der Waals surface area contributed by atoms with Crippen molar-refractivity contribution in [2.75, 3.05) is 0 Å². The van der Waals surface area contributed by atoms with Crippen molar-refractivity contribution in [1.82, 2.24) is 0 Å². The molecule has 80 valence electrons. The zero-order valence-electron chi connectivity index (χ0n) is 9.51. The van der Waals surface area contributed by atoms with Crippen LogP contribution in [-0.2, 0) is 41.0 Å². The van der Waals surface area contributed by atoms with Gasteiger partial charge in [-0.05, 0) is 29.5 Å². The molecule has 1 aliphatic rings. The van der Waals surface area contributed by atoms with Crippen LogP contribution in [0.1, 0.15) is 37.0 Å². The van der Waals surface area contributed by atoms with Crippen LogP contribution in [0.2, 0.25) is 0 Å². The van der Waals surface area contributed by atoms with Crippen LogP contribution in [0.4, 0.5) is 0 Å². The quantitative estimate of drug-likeness (QED) is 0.785. The van der Waals surface area contributed by atoms with E-state index >= 15 is 0 Å². The molecule has 0 saturated carbocycles. The number of rotatable bonds is 2. The van der Waals surface area contributed by atoms with Gasteiger partial charge in [-0.3, -0.25) is 0 Å². The molecular weight excluding hydrogens is 220 g/mol. The summed E-state index contributed by atoms with van der Waals surface area (Å²) in [7, 11) is 0. The molecule has 1 aliphatic carbocycles. The second-order valence-corrected chi connectivity index (χ2v) is 4.34. The van der Waals surface area contributed by atoms with Crippen molar-refractivity contribution >= 4 is 0 Å². The molecule has 1 nitrogen and oxygen atoms in total. The van der Waals surface area contributed by atoms with Gasteiger partial charge >= 0.3 is 0 Å². The summed E-state index contributed by atoms with van der Waals surface area (Å²) in [5.41, 5.74) is 3.70. The van der Waals surface area contributed by atoms with E-state index in [0.717, 1.165) is 25.7 Å². The van der Waals surface area contributed by atoms with Crippen LogP contribution in [0.15, 0.2) is 18.2 Å². The summed E-state index contributed by atoms with van der Waals surface area (Å²) in [6.07, 6.45) is 3.61. The van der Waals surface area contributed by atoms with E-state index in [9.17, 15) is 5.11 Å². The molecule has 0 radical (unpaired) electrons. The Morgan fingerprint density at radius 2 is 2.00 bits per heavy atom. The number of hydrogen-bond donors (Lipinski definition) is 1. The summed E-state index contributed by atoms with van der Waals surface area (Å²) in [5, 5.41) is 10.2. The van der Waals surface area contributed by atoms with Crippen molar-refractivity contribution in [2.45, 2.75) is 45.1 Å². The first-order chi connectivity index (χ1) is 6.68. The van der Waals surface area contributed by atoms with Gasteiger partial charge in [0.25, 0.3) is 0 Å². The van der Waals surface area contributed by atoms with Gasteiger partial charge < -0.3 is 5.11 Å². The van der Waals surface area contributed by atoms with Crippen molar-refractivity contribution in [3.63, 3.8) is 0 Å². The summed E-state index contributed by atoms with van der Waals surface area (Å²) in [4.78, 5) is 0. The van der Waals surface area contributed by atoms with Crippen LogP contribution < -0.4 is 0 Å². The topological polar surface area (TPSA) is 20.2 Å². The zero-order valence-corrected chi connectivity index (χ0v) is 11.1. The molecule has 2 rings (SSSR count). The first kappa shape index (κ1) is 13.0. The number of hydrogen-bond acceptors (Lipinski definition) is 1. The van der Waals surface area contributed by atoms with Crippen LogP contribution in [0.25, 0.3) is 0 Å². The van der Waals surface area contributed by atoms with E-state index in [-0.39, 0.29) is 21.7 Å². The van der Waals surface area contributed by atoms with Gasteiger partial charge in [-0.15, -0.1) is 0 Å². The summed E-state index contributed by atoms with van der Waals surface area (Å²) in [6.45, 7) is 4.25. The van der Waals surface area contributed by atoms with Crippen molar-refractivity contribution in [1.29, 1.82) is 0 Å². The van der Waals surface area contributed by atoms with Crippen molar-refractivity contribution in [2.24, 2.45) is 0 Å². The van der Waals surface area contributed by atoms with Crippen LogP contribution in [0, 0.1) is 0 Å². The summed E-state index contributed by atoms with van der Waals surface area (Å²) >= 11 is 0. The Balaban J connectivity index is 0.00000112. The van der Waals surface area contributed by atoms with Gasteiger partial charge in [0.15, 0.2) is 0 Å². The fraction of sp³-hybridized carbons (Fsp3) is 0.538. The molecule has 0 saturated heterocycles. The largest absolute Gasteiger partial charge is 0.389 e. The minimum Gasteiger partial charge on any atom is -0.389 e. The first-order valence-electron chi connectivity index (χ1n) is 5.50. The van der Waals surface area contributed by atoms with E-state index < -0.39 is 5.60 Å². The second kappa shape index (κ2) is 4.82. The van der Waals surface area contributed by atoms with Crippen LogP contribution in [0.3, 0.4) is 0 Å². The first-order valence-corrected chi connectivity index (χ1v) is 5.50. The maximum atomic E-state index is 10.2. The average molecular weight is 238 g/mol. The Morgan fingerprint density at radius 1 is 1.27 bits per heavy atom. The molecule has 1 aromatic rings. The fourth-order valence-electron chi connectivity index (χ4n) is 2.41. The molecule has 1 N–H and O–H groups in total. The maximum absolute atomic E-state index is 10.2. The van der Waals surface area contributed by atoms with Crippen LogP contribution in [0.5, 0.6) is 0 Å². The smallest absolute Gasteiger partial charge is 0.0725 e. The molecule has 0 heterocycles. The Kier molecular flexibility index (Phi) is 4.16. The third kappa shape index (κ3) is 2.35. The Bertz CT molecular complexity index is 348. The Hall–Kier alpha value is -0.106. The standard InChI is InChI=1S/C13H18O.Ti/c1-3-10-6-5-7-11-8-13(14,4-2)9-12(10)11;/h5-7,14H,3-4,8-9H2,1-2H3;. The number of benzene rings is 1. The van der Waals surface area contributed by atoms with E-state index in [2.05, 4.69) is 32.0 Å². The maximum Gasteiger partial charge on any atom is 0.0725 e. The number of aliphatic hydroxyl groups is 1. The normalized spacial score (nSPS) is 23.4. The molecule has 1 atom stereocenters. The minimum atomic E-state index is -0.465. The van der Waals surface area contributed by atoms with Gasteiger partial charge in [0.2, 0.25) is 0 Å². The molecule has 1 aromatic carbocycles. The fourth-order valence-corrected chi connectivity index (χ4v) is 2.41. The Morgan fingerprint density at radius 3 is 2.60 bits per heavy atom. The van der Waals surface area contributed by atoms with Crippen molar-refractivity contribution < 1.29 is 26.8 Å². The van der Waals surface area contributed by atoms with E-state index in [1.165, 1.54) is 16.7 Å². The summed E-state index contributed by atoms with van der Waals surface area (Å²) < 4.78 is 0. The molecule has 0 fully saturated rings. The molecule has 0 spiro atoms. The van der Waals surface area contributed by atoms with Gasteiger partial charge in [0.05, 0.1) is 5.60 Å². The SMILES string of the molecule is CCc1cccc2c1CC(O)(CC)C2.[Ti]. The average Bonchev–Trinajstić information content (AvgIpc) is 2.54. The molecule has 0 bridgehead atoms. The van der Waals surface area contributed by atoms with Gasteiger partial charge in [-0.2, -0.15) is 0 Å². The molecule has 0 aliphatic heterocycles. The number of fused-ring (bicyclic) bond motifs is 1. The summed E-state index contributed by atoms with van der Waals surface area (Å²) in [6, 6.07) is 6.45. The van der Waals surface area contributed by atoms with E-state index in [1.807, 2.05) is 0 Å². The predicted octanol–water partition coefficient (Wildman–Crippen LogP) is 2.49. The van der Waals surface area contributed by atoms with Gasteiger partial charge in [0, 0.05) is 34.6 Å². The van der Waals surface area contributed by atoms with Crippen LogP contribution in [-0.4, -0.2) is 10.7 Å². The third-order valence-corrected chi connectivity index (χ3v) is 3.43. The molecule has 0 aromatic heterocycles. The molecule has 0 amide bonds. The van der Waals surface area contributed by atoms with E-state index in [1.54, 1.807) is 0 Å². The molecular formula is C13H18OTi. The zero-order chi connectivity index (χ0) is 10.2. The van der Waals surface area contributed by atoms with Gasteiger partial charge in [-0.25, -0.2) is 0 Å². The summed E-state index contributed by atoms with van der Waals surface area (Å²) in [5.74, 6) is 0. The predicted molar refractivity (Wildman–Crippen MR) is 58.5 cm³/mol. The van der Waals surface area contributed by atoms with Crippen molar-refractivity contribution in [3.8, 4) is 0 Å². The monoisotopic (exact) mass is 238 g/mol. The van der Waals surface area contributed by atoms with Crippen molar-refractivity contribution in [3.05, 3.63) is 34.9 Å². The van der Waals surface area contributed by atoms with Gasteiger partial charge in [-0.1, -0.05) is 32.0 Å². The van der Waals surface area contributed by atoms with E-state index in [4.69, 9.17) is 0 Å². The van der Waals surface area contributed by atoms with Gasteiger partial charge in [0.1, 0.15) is 0 Å². The number of aryl methyl sites for hydroxylation is 1.